The van der Waals surface area contributed by atoms with E-state index in [2.05, 4.69) is 20.4 Å². The van der Waals surface area contributed by atoms with Gasteiger partial charge in [-0.05, 0) is 30.3 Å². The molecule has 0 saturated carbocycles. The van der Waals surface area contributed by atoms with Gasteiger partial charge in [-0.2, -0.15) is 9.67 Å². The third kappa shape index (κ3) is 3.59. The van der Waals surface area contributed by atoms with Gasteiger partial charge >= 0.3 is 0 Å². The van der Waals surface area contributed by atoms with Gasteiger partial charge in [-0.15, -0.1) is 5.10 Å². The Kier molecular flexibility index (Phi) is 4.64. The van der Waals surface area contributed by atoms with Crippen LogP contribution in [-0.4, -0.2) is 25.7 Å². The van der Waals surface area contributed by atoms with E-state index in [1.807, 2.05) is 0 Å². The Balaban J connectivity index is 2.01. The van der Waals surface area contributed by atoms with Gasteiger partial charge in [-0.25, -0.2) is 0 Å². The van der Waals surface area contributed by atoms with Crippen LogP contribution in [-0.2, 0) is 0 Å². The molecule has 126 valence electrons. The highest BCUT2D eigenvalue weighted by Gasteiger charge is 2.14. The van der Waals surface area contributed by atoms with Crippen molar-refractivity contribution in [3.63, 3.8) is 0 Å². The Morgan fingerprint density at radius 1 is 1.20 bits per heavy atom. The van der Waals surface area contributed by atoms with Crippen LogP contribution in [0.5, 0.6) is 0 Å². The number of aromatic nitrogens is 4. The van der Waals surface area contributed by atoms with E-state index in [4.69, 9.17) is 34.3 Å². The van der Waals surface area contributed by atoms with Crippen LogP contribution in [0.1, 0.15) is 10.4 Å². The number of nitrogens with one attached hydrogen (secondary N) is 2. The number of nitrogens with two attached hydrogens (primary N) is 1. The molecule has 25 heavy (non-hydrogen) atoms. The smallest absolute Gasteiger partial charge is 0.280 e. The van der Waals surface area contributed by atoms with Crippen LogP contribution in [0, 0.1) is 5.41 Å². The van der Waals surface area contributed by atoms with Gasteiger partial charge in [0.2, 0.25) is 5.95 Å². The molecule has 2 aromatic heterocycles. The molecule has 0 radical (unpaired) electrons. The molecule has 0 fully saturated rings. The quantitative estimate of drug-likeness (QED) is 0.645. The number of benzene rings is 1. The molecular weight excluding hydrogens is 365 g/mol. The van der Waals surface area contributed by atoms with E-state index in [-0.39, 0.29) is 17.3 Å². The van der Waals surface area contributed by atoms with Crippen LogP contribution in [0.4, 0.5) is 17.5 Å². The van der Waals surface area contributed by atoms with Crippen molar-refractivity contribution in [2.45, 2.75) is 0 Å². The lowest BCUT2D eigenvalue weighted by molar-refractivity contribution is 0.0937. The average molecular weight is 376 g/mol. The number of nitrogen functional groups attached to an aromatic ring is 1. The minimum absolute atomic E-state index is 0.0140. The van der Waals surface area contributed by atoms with Gasteiger partial charge in [0.25, 0.3) is 5.91 Å². The second-order valence-corrected chi connectivity index (χ2v) is 5.71. The lowest BCUT2D eigenvalue weighted by Gasteiger charge is -2.11. The zero-order chi connectivity index (χ0) is 18.0. The van der Waals surface area contributed by atoms with E-state index in [0.717, 1.165) is 4.68 Å². The van der Waals surface area contributed by atoms with Crippen molar-refractivity contribution in [3.05, 3.63) is 63.8 Å². The van der Waals surface area contributed by atoms with E-state index in [0.29, 0.717) is 21.3 Å². The number of rotatable bonds is 3. The Bertz CT molecular complexity index is 1000. The minimum atomic E-state index is -0.535. The SMILES string of the molecule is N=c1c(N)nc(Nc2ccc(Cl)cc2Cl)nn1C(=O)c1ccncc1. The predicted octanol–water partition coefficient (Wildman–Crippen LogP) is 2.47. The van der Waals surface area contributed by atoms with Gasteiger partial charge in [0.1, 0.15) is 0 Å². The molecule has 3 aromatic rings. The third-order valence-corrected chi connectivity index (χ3v) is 3.72. The first-order valence-corrected chi connectivity index (χ1v) is 7.69. The molecule has 3 rings (SSSR count). The van der Waals surface area contributed by atoms with Crippen LogP contribution in [0.25, 0.3) is 0 Å². The van der Waals surface area contributed by atoms with Crippen LogP contribution in [0.15, 0.2) is 42.7 Å². The fourth-order valence-corrected chi connectivity index (χ4v) is 2.43. The van der Waals surface area contributed by atoms with E-state index in [1.54, 1.807) is 18.2 Å². The second kappa shape index (κ2) is 6.88. The van der Waals surface area contributed by atoms with E-state index in [9.17, 15) is 4.79 Å². The molecule has 0 saturated heterocycles. The molecule has 1 aromatic carbocycles. The zero-order valence-corrected chi connectivity index (χ0v) is 14.1. The van der Waals surface area contributed by atoms with Crippen LogP contribution in [0.2, 0.25) is 10.0 Å². The van der Waals surface area contributed by atoms with Crippen LogP contribution < -0.4 is 16.5 Å². The van der Waals surface area contributed by atoms with Crippen molar-refractivity contribution < 1.29 is 4.79 Å². The molecule has 4 N–H and O–H groups in total. The fraction of sp³-hybridized carbons (Fsp3) is 0. The molecule has 2 heterocycles. The van der Waals surface area contributed by atoms with Crippen molar-refractivity contribution >= 4 is 46.6 Å². The van der Waals surface area contributed by atoms with E-state index < -0.39 is 5.91 Å². The van der Waals surface area contributed by atoms with E-state index in [1.165, 1.54) is 24.5 Å². The summed E-state index contributed by atoms with van der Waals surface area (Å²) in [6.07, 6.45) is 2.93. The standard InChI is InChI=1S/C15H11Cl2N7O/c16-9-1-2-11(10(17)7-9)21-15-22-12(18)13(19)24(23-15)14(25)8-3-5-20-6-4-8/h1-7,19H,(H3,18,21,22,23). The minimum Gasteiger partial charge on any atom is -0.380 e. The second-order valence-electron chi connectivity index (χ2n) is 4.87. The average Bonchev–Trinajstić information content (AvgIpc) is 2.60. The molecule has 8 nitrogen and oxygen atoms in total. The summed E-state index contributed by atoms with van der Waals surface area (Å²) in [6.45, 7) is 0. The summed E-state index contributed by atoms with van der Waals surface area (Å²) in [4.78, 5) is 20.3. The molecule has 0 aliphatic carbocycles. The maximum Gasteiger partial charge on any atom is 0.280 e. The number of hydrogen-bond acceptors (Lipinski definition) is 7. The number of carbonyl (C=O) groups is 1. The Labute approximate surface area is 151 Å². The Morgan fingerprint density at radius 3 is 2.60 bits per heavy atom. The first kappa shape index (κ1) is 16.9. The highest BCUT2D eigenvalue weighted by atomic mass is 35.5. The van der Waals surface area contributed by atoms with Gasteiger partial charge in [0, 0.05) is 23.0 Å². The Hall–Kier alpha value is -2.97. The van der Waals surface area contributed by atoms with Gasteiger partial charge in [0.05, 0.1) is 10.7 Å². The third-order valence-electron chi connectivity index (χ3n) is 3.17. The number of anilines is 3. The van der Waals surface area contributed by atoms with Gasteiger partial charge in [-0.1, -0.05) is 23.2 Å². The van der Waals surface area contributed by atoms with Crippen molar-refractivity contribution in [1.82, 2.24) is 19.7 Å². The lowest BCUT2D eigenvalue weighted by Crippen LogP contribution is -2.33. The fourth-order valence-electron chi connectivity index (χ4n) is 1.97. The van der Waals surface area contributed by atoms with Gasteiger partial charge in [0.15, 0.2) is 11.3 Å². The summed E-state index contributed by atoms with van der Waals surface area (Å²) in [5.41, 5.74) is 6.20. The summed E-state index contributed by atoms with van der Waals surface area (Å²) in [5, 5.41) is 15.6. The summed E-state index contributed by atoms with van der Waals surface area (Å²) in [7, 11) is 0. The molecule has 0 amide bonds. The summed E-state index contributed by atoms with van der Waals surface area (Å²) < 4.78 is 0.851. The molecule has 0 spiro atoms. The number of pyridine rings is 1. The topological polar surface area (TPSA) is 123 Å². The summed E-state index contributed by atoms with van der Waals surface area (Å²) in [6, 6.07) is 7.83. The van der Waals surface area contributed by atoms with Gasteiger partial charge < -0.3 is 11.1 Å². The Morgan fingerprint density at radius 2 is 1.92 bits per heavy atom. The normalized spacial score (nSPS) is 10.5. The van der Waals surface area contributed by atoms with E-state index >= 15 is 0 Å². The molecule has 0 aliphatic heterocycles. The first-order valence-electron chi connectivity index (χ1n) is 6.94. The maximum absolute atomic E-state index is 12.5. The number of nitrogens with zero attached hydrogens (tertiary/aromatic N) is 4. The summed E-state index contributed by atoms with van der Waals surface area (Å²) >= 11 is 12.0. The maximum atomic E-state index is 12.5. The molecule has 0 unspecified atom stereocenters. The lowest BCUT2D eigenvalue weighted by atomic mass is 10.2. The van der Waals surface area contributed by atoms with Crippen molar-refractivity contribution in [1.29, 1.82) is 5.41 Å². The number of halogens is 2. The van der Waals surface area contributed by atoms with Crippen molar-refractivity contribution in [2.24, 2.45) is 0 Å². The zero-order valence-electron chi connectivity index (χ0n) is 12.6. The largest absolute Gasteiger partial charge is 0.380 e. The van der Waals surface area contributed by atoms with Crippen LogP contribution in [0.3, 0.4) is 0 Å². The predicted molar refractivity (Wildman–Crippen MR) is 94.0 cm³/mol. The van der Waals surface area contributed by atoms with Gasteiger partial charge in [-0.3, -0.25) is 15.2 Å². The molecule has 0 bridgehead atoms. The highest BCUT2D eigenvalue weighted by Crippen LogP contribution is 2.27. The monoisotopic (exact) mass is 375 g/mol. The van der Waals surface area contributed by atoms with Crippen molar-refractivity contribution in [2.75, 3.05) is 11.1 Å². The number of carbonyl (C=O) groups excluding carboxylic acids is 1. The highest BCUT2D eigenvalue weighted by molar-refractivity contribution is 6.36. The van der Waals surface area contributed by atoms with Crippen molar-refractivity contribution in [3.8, 4) is 0 Å². The molecular formula is C15H11Cl2N7O. The number of hydrogen-bond donors (Lipinski definition) is 3. The van der Waals surface area contributed by atoms with Crippen LogP contribution >= 0.6 is 23.2 Å². The summed E-state index contributed by atoms with van der Waals surface area (Å²) in [5.74, 6) is -0.683. The molecule has 0 aliphatic rings. The molecule has 0 atom stereocenters. The first-order chi connectivity index (χ1) is 12.0. The molecule has 10 heteroatoms.